The monoisotopic (exact) mass is 373 g/mol. The van der Waals surface area contributed by atoms with Crippen LogP contribution in [0.25, 0.3) is 6.08 Å². The van der Waals surface area contributed by atoms with Crippen molar-refractivity contribution in [2.75, 3.05) is 7.11 Å². The number of ether oxygens (including phenoxy) is 2. The van der Waals surface area contributed by atoms with E-state index in [2.05, 4.69) is 17.0 Å². The quantitative estimate of drug-likeness (QED) is 0.612. The number of rotatable bonds is 6. The van der Waals surface area contributed by atoms with Gasteiger partial charge in [-0.05, 0) is 49.5 Å². The molecule has 0 aliphatic heterocycles. The summed E-state index contributed by atoms with van der Waals surface area (Å²) in [6, 6.07) is 6.75. The lowest BCUT2D eigenvalue weighted by atomic mass is 9.86. The van der Waals surface area contributed by atoms with Crippen LogP contribution in [0.5, 0.6) is 0 Å². The summed E-state index contributed by atoms with van der Waals surface area (Å²) in [4.78, 5) is 35.6. The van der Waals surface area contributed by atoms with E-state index < -0.39 is 18.0 Å². The summed E-state index contributed by atoms with van der Waals surface area (Å²) in [5, 5.41) is 2.99. The van der Waals surface area contributed by atoms with Gasteiger partial charge in [-0.15, -0.1) is 0 Å². The summed E-state index contributed by atoms with van der Waals surface area (Å²) in [6.07, 6.45) is 6.37. The first kappa shape index (κ1) is 20.7. The zero-order chi connectivity index (χ0) is 19.8. The van der Waals surface area contributed by atoms with Gasteiger partial charge in [0.2, 0.25) is 0 Å². The van der Waals surface area contributed by atoms with Crippen LogP contribution >= 0.6 is 0 Å². The van der Waals surface area contributed by atoms with Crippen molar-refractivity contribution in [1.29, 1.82) is 0 Å². The molecule has 1 aliphatic rings. The van der Waals surface area contributed by atoms with Crippen LogP contribution in [0.15, 0.2) is 30.3 Å². The number of nitrogens with one attached hydrogen (secondary N) is 1. The Morgan fingerprint density at radius 3 is 2.44 bits per heavy atom. The fourth-order valence-electron chi connectivity index (χ4n) is 3.11. The molecule has 0 unspecified atom stereocenters. The molecule has 3 atom stereocenters. The number of carbonyl (C=O) groups is 3. The molecule has 0 saturated heterocycles. The third-order valence-electron chi connectivity index (χ3n) is 4.84. The van der Waals surface area contributed by atoms with E-state index in [1.54, 1.807) is 37.3 Å². The Hall–Kier alpha value is -2.63. The lowest BCUT2D eigenvalue weighted by Gasteiger charge is -2.30. The zero-order valence-corrected chi connectivity index (χ0v) is 16.1. The molecule has 1 fully saturated rings. The van der Waals surface area contributed by atoms with Crippen LogP contribution in [0.2, 0.25) is 0 Å². The first-order valence-corrected chi connectivity index (χ1v) is 9.28. The van der Waals surface area contributed by atoms with Crippen molar-refractivity contribution in [3.63, 3.8) is 0 Å². The number of methoxy groups -OCH3 is 1. The van der Waals surface area contributed by atoms with Crippen LogP contribution in [0.3, 0.4) is 0 Å². The molecule has 1 aromatic carbocycles. The van der Waals surface area contributed by atoms with Crippen molar-refractivity contribution in [1.82, 2.24) is 5.32 Å². The van der Waals surface area contributed by atoms with Crippen LogP contribution in [0.1, 0.15) is 55.5 Å². The lowest BCUT2D eigenvalue weighted by Crippen LogP contribution is -2.45. The predicted octanol–water partition coefficient (Wildman–Crippen LogP) is 3.11. The molecule has 27 heavy (non-hydrogen) atoms. The molecule has 0 spiro atoms. The minimum Gasteiger partial charge on any atom is -0.465 e. The van der Waals surface area contributed by atoms with Crippen molar-refractivity contribution in [3.8, 4) is 0 Å². The molecule has 0 radical (unpaired) electrons. The second kappa shape index (κ2) is 9.90. The molecule has 6 nitrogen and oxygen atoms in total. The van der Waals surface area contributed by atoms with E-state index in [1.165, 1.54) is 19.6 Å². The van der Waals surface area contributed by atoms with Crippen molar-refractivity contribution in [2.45, 2.75) is 51.7 Å². The van der Waals surface area contributed by atoms with Gasteiger partial charge in [0.1, 0.15) is 0 Å². The normalized spacial score (nSPS) is 20.7. The highest BCUT2D eigenvalue weighted by Crippen LogP contribution is 2.23. The van der Waals surface area contributed by atoms with E-state index in [4.69, 9.17) is 4.74 Å². The topological polar surface area (TPSA) is 81.7 Å². The fraction of sp³-hybridized carbons (Fsp3) is 0.476. The summed E-state index contributed by atoms with van der Waals surface area (Å²) < 4.78 is 9.81. The molecule has 1 amide bonds. The minimum atomic E-state index is -0.849. The Balaban J connectivity index is 1.83. The number of hydrogen-bond donors (Lipinski definition) is 1. The van der Waals surface area contributed by atoms with E-state index >= 15 is 0 Å². The highest BCUT2D eigenvalue weighted by Gasteiger charge is 2.25. The Kier molecular flexibility index (Phi) is 7.58. The highest BCUT2D eigenvalue weighted by molar-refractivity contribution is 5.91. The van der Waals surface area contributed by atoms with E-state index in [0.717, 1.165) is 24.8 Å². The van der Waals surface area contributed by atoms with E-state index in [1.807, 2.05) is 0 Å². The van der Waals surface area contributed by atoms with Crippen molar-refractivity contribution in [2.24, 2.45) is 5.92 Å². The Labute approximate surface area is 159 Å². The average Bonchev–Trinajstić information content (AvgIpc) is 2.67. The summed E-state index contributed by atoms with van der Waals surface area (Å²) in [7, 11) is 1.32. The van der Waals surface area contributed by atoms with Crippen LogP contribution in [0, 0.1) is 5.92 Å². The van der Waals surface area contributed by atoms with Crippen LogP contribution in [-0.4, -0.2) is 37.1 Å². The Morgan fingerprint density at radius 2 is 1.81 bits per heavy atom. The van der Waals surface area contributed by atoms with Gasteiger partial charge in [-0.3, -0.25) is 4.79 Å². The second-order valence-electron chi connectivity index (χ2n) is 6.90. The minimum absolute atomic E-state index is 0.149. The molecule has 146 valence electrons. The fourth-order valence-corrected chi connectivity index (χ4v) is 3.11. The molecular weight excluding hydrogens is 346 g/mol. The van der Waals surface area contributed by atoms with Gasteiger partial charge in [-0.1, -0.05) is 31.9 Å². The Morgan fingerprint density at radius 1 is 1.15 bits per heavy atom. The summed E-state index contributed by atoms with van der Waals surface area (Å²) in [5.74, 6) is -0.833. The van der Waals surface area contributed by atoms with Gasteiger partial charge in [0, 0.05) is 12.1 Å². The highest BCUT2D eigenvalue weighted by atomic mass is 16.5. The number of hydrogen-bond acceptors (Lipinski definition) is 5. The smallest absolute Gasteiger partial charge is 0.337 e. The molecule has 1 aliphatic carbocycles. The van der Waals surface area contributed by atoms with Gasteiger partial charge >= 0.3 is 11.9 Å². The second-order valence-corrected chi connectivity index (χ2v) is 6.90. The van der Waals surface area contributed by atoms with Crippen molar-refractivity contribution < 1.29 is 23.9 Å². The molecule has 1 N–H and O–H groups in total. The van der Waals surface area contributed by atoms with Crippen LogP contribution in [-0.2, 0) is 19.1 Å². The van der Waals surface area contributed by atoms with Crippen molar-refractivity contribution >= 4 is 23.9 Å². The summed E-state index contributed by atoms with van der Waals surface area (Å²) in [6.45, 7) is 3.70. The lowest BCUT2D eigenvalue weighted by molar-refractivity contribution is -0.150. The van der Waals surface area contributed by atoms with Gasteiger partial charge in [0.25, 0.3) is 5.91 Å². The number of amides is 1. The zero-order valence-electron chi connectivity index (χ0n) is 16.1. The van der Waals surface area contributed by atoms with Gasteiger partial charge < -0.3 is 14.8 Å². The molecule has 0 heterocycles. The maximum absolute atomic E-state index is 12.2. The Bertz CT molecular complexity index is 695. The molecule has 1 saturated carbocycles. The largest absolute Gasteiger partial charge is 0.465 e. The van der Waals surface area contributed by atoms with Crippen LogP contribution < -0.4 is 5.32 Å². The summed E-state index contributed by atoms with van der Waals surface area (Å²) >= 11 is 0. The van der Waals surface area contributed by atoms with Crippen molar-refractivity contribution in [3.05, 3.63) is 41.5 Å². The van der Waals surface area contributed by atoms with Gasteiger partial charge in [-0.25, -0.2) is 9.59 Å². The molecule has 1 aromatic rings. The maximum atomic E-state index is 12.2. The average molecular weight is 373 g/mol. The first-order valence-electron chi connectivity index (χ1n) is 9.28. The molecule has 0 bridgehead atoms. The van der Waals surface area contributed by atoms with E-state index in [0.29, 0.717) is 11.5 Å². The van der Waals surface area contributed by atoms with E-state index in [9.17, 15) is 14.4 Å². The van der Waals surface area contributed by atoms with Crippen LogP contribution in [0.4, 0.5) is 0 Å². The molecule has 6 heteroatoms. The summed E-state index contributed by atoms with van der Waals surface area (Å²) in [5.41, 5.74) is 1.16. The molecule has 2 rings (SSSR count). The third-order valence-corrected chi connectivity index (χ3v) is 4.84. The maximum Gasteiger partial charge on any atom is 0.337 e. The first-order chi connectivity index (χ1) is 12.9. The van der Waals surface area contributed by atoms with E-state index in [-0.39, 0.29) is 11.9 Å². The van der Waals surface area contributed by atoms with Gasteiger partial charge in [-0.2, -0.15) is 0 Å². The number of benzene rings is 1. The van der Waals surface area contributed by atoms with Gasteiger partial charge in [0.05, 0.1) is 12.7 Å². The standard InChI is InChI=1S/C21H27NO5/c1-14-6-4-5-7-18(14)22-20(24)15(2)27-19(23)13-10-16-8-11-17(12-9-16)21(25)26-3/h8-15,18H,4-7H2,1-3H3,(H,22,24)/b13-10+/t14-,15+,18-/m0/s1. The molecular formula is C21H27NO5. The van der Waals surface area contributed by atoms with Gasteiger partial charge in [0.15, 0.2) is 6.10 Å². The number of carbonyl (C=O) groups excluding carboxylic acids is 3. The third kappa shape index (κ3) is 6.24. The predicted molar refractivity (Wildman–Crippen MR) is 102 cm³/mol. The SMILES string of the molecule is COC(=O)c1ccc(/C=C/C(=O)O[C@H](C)C(=O)N[C@H]2CCCC[C@@H]2C)cc1. The number of esters is 2. The molecule has 0 aromatic heterocycles.